The number of aryl methyl sites for hydroxylation is 2. The molecule has 0 saturated carbocycles. The topological polar surface area (TPSA) is 78.3 Å². The molecule has 0 radical (unpaired) electrons. The Balaban J connectivity index is 2.01. The van der Waals surface area contributed by atoms with Crippen LogP contribution in [0.15, 0.2) is 24.4 Å². The van der Waals surface area contributed by atoms with Crippen molar-refractivity contribution in [3.05, 3.63) is 47.0 Å². The van der Waals surface area contributed by atoms with Gasteiger partial charge in [-0.05, 0) is 31.5 Å². The van der Waals surface area contributed by atoms with Crippen LogP contribution in [0.2, 0.25) is 0 Å². The summed E-state index contributed by atoms with van der Waals surface area (Å²) in [5, 5.41) is 8.34. The van der Waals surface area contributed by atoms with Crippen molar-refractivity contribution in [2.75, 3.05) is 19.0 Å². The fourth-order valence-electron chi connectivity index (χ4n) is 2.97. The Morgan fingerprint density at radius 1 is 1.37 bits per heavy atom. The van der Waals surface area contributed by atoms with E-state index in [4.69, 9.17) is 9.47 Å². The average molecular weight is 372 g/mol. The summed E-state index contributed by atoms with van der Waals surface area (Å²) in [4.78, 5) is 16.7. The molecule has 2 aromatic heterocycles. The number of halogens is 1. The zero-order chi connectivity index (χ0) is 19.6. The van der Waals surface area contributed by atoms with Gasteiger partial charge in [-0.15, -0.1) is 0 Å². The van der Waals surface area contributed by atoms with Crippen LogP contribution in [0.1, 0.15) is 28.5 Å². The van der Waals surface area contributed by atoms with Gasteiger partial charge in [0, 0.05) is 19.8 Å². The molecule has 0 amide bonds. The predicted octanol–water partition coefficient (Wildman–Crippen LogP) is 3.21. The molecule has 0 atom stereocenters. The standard InChI is InChI=1S/C19H21FN4O3/c1-5-27-19(25)13-10-22-18-16(11(2)23-24(18)3)17(13)21-9-12-6-7-15(26-4)14(20)8-12/h6-8,10H,5,9H2,1-4H3,(H,21,22). The number of carbonyl (C=O) groups excluding carboxylic acids is 1. The van der Waals surface area contributed by atoms with Crippen LogP contribution in [0.3, 0.4) is 0 Å². The number of fused-ring (bicyclic) bond motifs is 1. The highest BCUT2D eigenvalue weighted by atomic mass is 19.1. The number of esters is 1. The molecule has 142 valence electrons. The molecule has 0 aliphatic heterocycles. The quantitative estimate of drug-likeness (QED) is 0.670. The Bertz CT molecular complexity index is 1000. The Hall–Kier alpha value is -3.16. The number of aromatic nitrogens is 3. The van der Waals surface area contributed by atoms with Crippen LogP contribution in [0.25, 0.3) is 11.0 Å². The van der Waals surface area contributed by atoms with Crippen LogP contribution in [0, 0.1) is 12.7 Å². The van der Waals surface area contributed by atoms with Crippen LogP contribution in [0.5, 0.6) is 5.75 Å². The first-order chi connectivity index (χ1) is 13.0. The predicted molar refractivity (Wildman–Crippen MR) is 99.5 cm³/mol. The maximum Gasteiger partial charge on any atom is 0.341 e. The highest BCUT2D eigenvalue weighted by molar-refractivity contribution is 6.05. The minimum Gasteiger partial charge on any atom is -0.494 e. The van der Waals surface area contributed by atoms with Gasteiger partial charge in [-0.1, -0.05) is 6.07 Å². The molecule has 1 N–H and O–H groups in total. The van der Waals surface area contributed by atoms with Gasteiger partial charge in [0.05, 0.1) is 30.5 Å². The SMILES string of the molecule is CCOC(=O)c1cnc2c(c(C)nn2C)c1NCc1ccc(OC)c(F)c1. The first-order valence-electron chi connectivity index (χ1n) is 8.52. The third-order valence-electron chi connectivity index (χ3n) is 4.21. The van der Waals surface area contributed by atoms with Crippen LogP contribution in [-0.2, 0) is 18.3 Å². The summed E-state index contributed by atoms with van der Waals surface area (Å²) >= 11 is 0. The number of benzene rings is 1. The maximum atomic E-state index is 14.0. The minimum absolute atomic E-state index is 0.181. The van der Waals surface area contributed by atoms with E-state index in [-0.39, 0.29) is 12.4 Å². The fraction of sp³-hybridized carbons (Fsp3) is 0.316. The number of hydrogen-bond donors (Lipinski definition) is 1. The molecule has 8 heteroatoms. The molecule has 0 bridgehead atoms. The van der Waals surface area contributed by atoms with E-state index in [2.05, 4.69) is 15.4 Å². The van der Waals surface area contributed by atoms with Crippen LogP contribution >= 0.6 is 0 Å². The first-order valence-corrected chi connectivity index (χ1v) is 8.52. The molecule has 0 spiro atoms. The Labute approximate surface area is 156 Å². The van der Waals surface area contributed by atoms with E-state index in [9.17, 15) is 9.18 Å². The van der Waals surface area contributed by atoms with Gasteiger partial charge < -0.3 is 14.8 Å². The van der Waals surface area contributed by atoms with Crippen molar-refractivity contribution in [2.24, 2.45) is 7.05 Å². The van der Waals surface area contributed by atoms with Gasteiger partial charge in [-0.2, -0.15) is 5.10 Å². The van der Waals surface area contributed by atoms with E-state index in [1.807, 2.05) is 6.92 Å². The Morgan fingerprint density at radius 2 is 2.15 bits per heavy atom. The average Bonchev–Trinajstić information content (AvgIpc) is 2.94. The molecule has 0 aliphatic carbocycles. The summed E-state index contributed by atoms with van der Waals surface area (Å²) in [6.07, 6.45) is 1.47. The lowest BCUT2D eigenvalue weighted by Gasteiger charge is -2.13. The number of methoxy groups -OCH3 is 1. The molecule has 1 aromatic carbocycles. The second kappa shape index (κ2) is 7.61. The van der Waals surface area contributed by atoms with Crippen molar-refractivity contribution in [3.8, 4) is 5.75 Å². The summed E-state index contributed by atoms with van der Waals surface area (Å²) in [5.41, 5.74) is 2.96. The van der Waals surface area contributed by atoms with Crippen molar-refractivity contribution in [2.45, 2.75) is 20.4 Å². The van der Waals surface area contributed by atoms with Crippen LogP contribution < -0.4 is 10.1 Å². The maximum absolute atomic E-state index is 14.0. The number of nitrogens with zero attached hydrogens (tertiary/aromatic N) is 3. The number of nitrogens with one attached hydrogen (secondary N) is 1. The second-order valence-corrected chi connectivity index (χ2v) is 6.00. The summed E-state index contributed by atoms with van der Waals surface area (Å²) in [6, 6.07) is 4.72. The summed E-state index contributed by atoms with van der Waals surface area (Å²) in [7, 11) is 3.20. The van der Waals surface area contributed by atoms with Crippen molar-refractivity contribution < 1.29 is 18.7 Å². The van der Waals surface area contributed by atoms with E-state index in [1.165, 1.54) is 19.4 Å². The summed E-state index contributed by atoms with van der Waals surface area (Å²) in [5.74, 6) is -0.737. The third-order valence-corrected chi connectivity index (χ3v) is 4.21. The van der Waals surface area contributed by atoms with Gasteiger partial charge in [-0.3, -0.25) is 4.68 Å². The number of rotatable bonds is 6. The molecule has 0 saturated heterocycles. The number of anilines is 1. The number of hydrogen-bond acceptors (Lipinski definition) is 6. The van der Waals surface area contributed by atoms with Crippen molar-refractivity contribution in [1.82, 2.24) is 14.8 Å². The van der Waals surface area contributed by atoms with Gasteiger partial charge >= 0.3 is 5.97 Å². The molecule has 2 heterocycles. The lowest BCUT2D eigenvalue weighted by molar-refractivity contribution is 0.0527. The van der Waals surface area contributed by atoms with E-state index in [0.717, 1.165) is 11.1 Å². The highest BCUT2D eigenvalue weighted by Gasteiger charge is 2.20. The van der Waals surface area contributed by atoms with Gasteiger partial charge in [0.1, 0.15) is 5.56 Å². The van der Waals surface area contributed by atoms with Crippen molar-refractivity contribution >= 4 is 22.7 Å². The van der Waals surface area contributed by atoms with E-state index in [0.29, 0.717) is 29.0 Å². The van der Waals surface area contributed by atoms with Crippen LogP contribution in [-0.4, -0.2) is 34.5 Å². The molecule has 7 nitrogen and oxygen atoms in total. The molecule has 0 aliphatic rings. The summed E-state index contributed by atoms with van der Waals surface area (Å²) < 4.78 is 25.7. The molecule has 3 aromatic rings. The summed E-state index contributed by atoms with van der Waals surface area (Å²) in [6.45, 7) is 4.15. The van der Waals surface area contributed by atoms with Crippen LogP contribution in [0.4, 0.5) is 10.1 Å². The lowest BCUT2D eigenvalue weighted by atomic mass is 10.1. The minimum atomic E-state index is -0.474. The Morgan fingerprint density at radius 3 is 2.81 bits per heavy atom. The smallest absolute Gasteiger partial charge is 0.341 e. The molecule has 3 rings (SSSR count). The fourth-order valence-corrected chi connectivity index (χ4v) is 2.97. The van der Waals surface area contributed by atoms with Gasteiger partial charge in [0.25, 0.3) is 0 Å². The third kappa shape index (κ3) is 3.55. The van der Waals surface area contributed by atoms with Gasteiger partial charge in [0.15, 0.2) is 17.2 Å². The number of pyridine rings is 1. The zero-order valence-electron chi connectivity index (χ0n) is 15.7. The van der Waals surface area contributed by atoms with E-state index >= 15 is 0 Å². The number of carbonyl (C=O) groups is 1. The Kier molecular flexibility index (Phi) is 5.25. The number of ether oxygens (including phenoxy) is 2. The molecular weight excluding hydrogens is 351 g/mol. The normalized spacial score (nSPS) is 10.9. The molecule has 27 heavy (non-hydrogen) atoms. The molecule has 0 unspecified atom stereocenters. The molecular formula is C19H21FN4O3. The van der Waals surface area contributed by atoms with E-state index in [1.54, 1.807) is 30.8 Å². The van der Waals surface area contributed by atoms with Gasteiger partial charge in [0.2, 0.25) is 0 Å². The van der Waals surface area contributed by atoms with Gasteiger partial charge in [-0.25, -0.2) is 14.2 Å². The van der Waals surface area contributed by atoms with Crippen molar-refractivity contribution in [1.29, 1.82) is 0 Å². The monoisotopic (exact) mass is 372 g/mol. The largest absolute Gasteiger partial charge is 0.494 e. The highest BCUT2D eigenvalue weighted by Crippen LogP contribution is 2.30. The lowest BCUT2D eigenvalue weighted by Crippen LogP contribution is -2.11. The van der Waals surface area contributed by atoms with E-state index < -0.39 is 11.8 Å². The second-order valence-electron chi connectivity index (χ2n) is 6.00. The zero-order valence-corrected chi connectivity index (χ0v) is 15.7. The molecule has 0 fully saturated rings. The first kappa shape index (κ1) is 18.6. The van der Waals surface area contributed by atoms with Crippen molar-refractivity contribution in [3.63, 3.8) is 0 Å².